The maximum atomic E-state index is 12.9. The summed E-state index contributed by atoms with van der Waals surface area (Å²) in [4.78, 5) is 12.9. The summed E-state index contributed by atoms with van der Waals surface area (Å²) in [6, 6.07) is 22.4. The first-order valence-corrected chi connectivity index (χ1v) is 8.07. The molecule has 0 spiro atoms. The summed E-state index contributed by atoms with van der Waals surface area (Å²) >= 11 is 0. The fourth-order valence-corrected chi connectivity index (χ4v) is 3.11. The Morgan fingerprint density at radius 2 is 1.44 bits per heavy atom. The molecule has 3 aromatic rings. The number of nitrogens with one attached hydrogen (secondary N) is 1. The van der Waals surface area contributed by atoms with Gasteiger partial charge in [0.25, 0.3) is 5.91 Å². The Hall–Kier alpha value is -3.27. The van der Waals surface area contributed by atoms with Gasteiger partial charge in [-0.3, -0.25) is 4.79 Å². The van der Waals surface area contributed by atoms with Gasteiger partial charge < -0.3 is 14.8 Å². The fraction of sp³-hybridized carbons (Fsp3) is 0.0952. The van der Waals surface area contributed by atoms with Crippen LogP contribution in [0.25, 0.3) is 0 Å². The Morgan fingerprint density at radius 1 is 0.880 bits per heavy atom. The first kappa shape index (κ1) is 15.3. The lowest BCUT2D eigenvalue weighted by atomic mass is 9.94. The van der Waals surface area contributed by atoms with E-state index in [1.54, 1.807) is 19.2 Å². The molecular formula is C21H17NO3. The molecule has 0 saturated carbocycles. The smallest absolute Gasteiger partial charge is 0.255 e. The monoisotopic (exact) mass is 331 g/mol. The second-order valence-electron chi connectivity index (χ2n) is 5.78. The molecule has 1 N–H and O–H groups in total. The summed E-state index contributed by atoms with van der Waals surface area (Å²) in [5, 5.41) is 3.12. The van der Waals surface area contributed by atoms with Crippen molar-refractivity contribution in [2.75, 3.05) is 7.11 Å². The number of benzene rings is 3. The standard InChI is InChI=1S/C21H17NO3/c1-24-17-11-5-4-10-16(17)21(23)22-20-14-8-2-6-12-18(14)25-19-13-7-3-9-15(19)20/h2-13,20H,1H3,(H,22,23). The van der Waals surface area contributed by atoms with Gasteiger partial charge in [-0.05, 0) is 24.3 Å². The zero-order valence-electron chi connectivity index (χ0n) is 13.7. The van der Waals surface area contributed by atoms with Crippen molar-refractivity contribution in [3.63, 3.8) is 0 Å². The lowest BCUT2D eigenvalue weighted by Crippen LogP contribution is -2.31. The normalized spacial score (nSPS) is 12.5. The number of methoxy groups -OCH3 is 1. The van der Waals surface area contributed by atoms with Crippen molar-refractivity contribution in [3.05, 3.63) is 89.5 Å². The van der Waals surface area contributed by atoms with Crippen LogP contribution < -0.4 is 14.8 Å². The number of amides is 1. The Balaban J connectivity index is 1.74. The molecule has 0 radical (unpaired) electrons. The van der Waals surface area contributed by atoms with E-state index in [2.05, 4.69) is 5.32 Å². The predicted molar refractivity (Wildman–Crippen MR) is 95.3 cm³/mol. The highest BCUT2D eigenvalue weighted by Gasteiger charge is 2.28. The minimum absolute atomic E-state index is 0.186. The van der Waals surface area contributed by atoms with Crippen LogP contribution in [-0.2, 0) is 0 Å². The molecule has 4 nitrogen and oxygen atoms in total. The van der Waals surface area contributed by atoms with Crippen LogP contribution in [0.4, 0.5) is 0 Å². The lowest BCUT2D eigenvalue weighted by Gasteiger charge is -2.29. The molecule has 4 rings (SSSR count). The van der Waals surface area contributed by atoms with Crippen LogP contribution in [0.3, 0.4) is 0 Å². The molecule has 1 heterocycles. The van der Waals surface area contributed by atoms with Gasteiger partial charge in [0.05, 0.1) is 18.7 Å². The van der Waals surface area contributed by atoms with Crippen LogP contribution in [0.1, 0.15) is 27.5 Å². The van der Waals surface area contributed by atoms with Crippen LogP contribution in [0.15, 0.2) is 72.8 Å². The van der Waals surface area contributed by atoms with Gasteiger partial charge in [0.2, 0.25) is 0 Å². The summed E-state index contributed by atoms with van der Waals surface area (Å²) in [5.74, 6) is 1.88. The number of para-hydroxylation sites is 3. The molecule has 4 heteroatoms. The fourth-order valence-electron chi connectivity index (χ4n) is 3.11. The molecule has 0 aliphatic carbocycles. The van der Waals surface area contributed by atoms with E-state index in [0.717, 1.165) is 22.6 Å². The second-order valence-corrected chi connectivity index (χ2v) is 5.78. The highest BCUT2D eigenvalue weighted by atomic mass is 16.5. The van der Waals surface area contributed by atoms with E-state index < -0.39 is 0 Å². The third-order valence-corrected chi connectivity index (χ3v) is 4.31. The molecule has 3 aromatic carbocycles. The van der Waals surface area contributed by atoms with Crippen molar-refractivity contribution in [1.82, 2.24) is 5.32 Å². The van der Waals surface area contributed by atoms with E-state index in [0.29, 0.717) is 11.3 Å². The van der Waals surface area contributed by atoms with Gasteiger partial charge in [0.15, 0.2) is 0 Å². The van der Waals surface area contributed by atoms with Crippen LogP contribution in [0.5, 0.6) is 17.2 Å². The van der Waals surface area contributed by atoms with E-state index in [1.807, 2.05) is 60.7 Å². The van der Waals surface area contributed by atoms with E-state index in [1.165, 1.54) is 0 Å². The van der Waals surface area contributed by atoms with Gasteiger partial charge in [-0.1, -0.05) is 48.5 Å². The Morgan fingerprint density at radius 3 is 2.08 bits per heavy atom. The van der Waals surface area contributed by atoms with Crippen molar-refractivity contribution >= 4 is 5.91 Å². The maximum absolute atomic E-state index is 12.9. The molecule has 0 aromatic heterocycles. The first-order chi connectivity index (χ1) is 12.3. The SMILES string of the molecule is COc1ccccc1C(=O)NC1c2ccccc2Oc2ccccc21. The first-order valence-electron chi connectivity index (χ1n) is 8.07. The molecule has 0 fully saturated rings. The number of ether oxygens (including phenoxy) is 2. The van der Waals surface area contributed by atoms with Crippen molar-refractivity contribution in [3.8, 4) is 17.2 Å². The minimum atomic E-state index is -0.279. The Kier molecular flexibility index (Phi) is 3.86. The number of rotatable bonds is 3. The summed E-state index contributed by atoms with van der Waals surface area (Å²) < 4.78 is 11.3. The summed E-state index contributed by atoms with van der Waals surface area (Å²) in [7, 11) is 1.56. The van der Waals surface area contributed by atoms with Crippen molar-refractivity contribution in [1.29, 1.82) is 0 Å². The topological polar surface area (TPSA) is 47.6 Å². The second kappa shape index (κ2) is 6.32. The molecule has 25 heavy (non-hydrogen) atoms. The summed E-state index contributed by atoms with van der Waals surface area (Å²) in [6.07, 6.45) is 0. The molecule has 0 bridgehead atoms. The van der Waals surface area contributed by atoms with Gasteiger partial charge >= 0.3 is 0 Å². The average Bonchev–Trinajstić information content (AvgIpc) is 2.67. The van der Waals surface area contributed by atoms with Crippen LogP contribution in [0.2, 0.25) is 0 Å². The molecule has 0 unspecified atom stereocenters. The van der Waals surface area contributed by atoms with Gasteiger partial charge in [-0.25, -0.2) is 0 Å². The molecular weight excluding hydrogens is 314 g/mol. The highest BCUT2D eigenvalue weighted by molar-refractivity contribution is 5.97. The number of fused-ring (bicyclic) bond motifs is 2. The predicted octanol–water partition coefficient (Wildman–Crippen LogP) is 4.32. The quantitative estimate of drug-likeness (QED) is 0.777. The van der Waals surface area contributed by atoms with Gasteiger partial charge in [-0.15, -0.1) is 0 Å². The van der Waals surface area contributed by atoms with E-state index in [4.69, 9.17) is 9.47 Å². The van der Waals surface area contributed by atoms with Gasteiger partial charge in [0, 0.05) is 11.1 Å². The van der Waals surface area contributed by atoms with Gasteiger partial charge in [0.1, 0.15) is 17.2 Å². The lowest BCUT2D eigenvalue weighted by molar-refractivity contribution is 0.0938. The Labute approximate surface area is 146 Å². The minimum Gasteiger partial charge on any atom is -0.496 e. The number of carbonyl (C=O) groups excluding carboxylic acids is 1. The molecule has 124 valence electrons. The van der Waals surface area contributed by atoms with E-state index >= 15 is 0 Å². The molecule has 0 atom stereocenters. The Bertz CT molecular complexity index is 890. The zero-order chi connectivity index (χ0) is 17.2. The molecule has 1 amide bonds. The third-order valence-electron chi connectivity index (χ3n) is 4.31. The number of carbonyl (C=O) groups is 1. The van der Waals surface area contributed by atoms with E-state index in [-0.39, 0.29) is 11.9 Å². The van der Waals surface area contributed by atoms with Gasteiger partial charge in [-0.2, -0.15) is 0 Å². The number of hydrogen-bond donors (Lipinski definition) is 1. The van der Waals surface area contributed by atoms with Crippen molar-refractivity contribution in [2.45, 2.75) is 6.04 Å². The largest absolute Gasteiger partial charge is 0.496 e. The highest BCUT2D eigenvalue weighted by Crippen LogP contribution is 2.42. The summed E-state index contributed by atoms with van der Waals surface area (Å²) in [5.41, 5.74) is 2.38. The van der Waals surface area contributed by atoms with Crippen LogP contribution in [0, 0.1) is 0 Å². The number of hydrogen-bond acceptors (Lipinski definition) is 3. The molecule has 1 aliphatic heterocycles. The summed E-state index contributed by atoms with van der Waals surface area (Å²) in [6.45, 7) is 0. The van der Waals surface area contributed by atoms with Crippen LogP contribution >= 0.6 is 0 Å². The van der Waals surface area contributed by atoms with Crippen molar-refractivity contribution in [2.24, 2.45) is 0 Å². The third kappa shape index (κ3) is 2.72. The molecule has 0 saturated heterocycles. The van der Waals surface area contributed by atoms with Crippen LogP contribution in [-0.4, -0.2) is 13.0 Å². The maximum Gasteiger partial charge on any atom is 0.255 e. The average molecular weight is 331 g/mol. The molecule has 1 aliphatic rings. The van der Waals surface area contributed by atoms with Crippen molar-refractivity contribution < 1.29 is 14.3 Å². The van der Waals surface area contributed by atoms with E-state index in [9.17, 15) is 4.79 Å². The zero-order valence-corrected chi connectivity index (χ0v) is 13.7.